The van der Waals surface area contributed by atoms with E-state index < -0.39 is 18.1 Å². The number of benzene rings is 1. The Hall–Kier alpha value is -1.59. The van der Waals surface area contributed by atoms with Crippen molar-refractivity contribution in [2.24, 2.45) is 0 Å². The number of carboxylic acid groups (broad SMARTS) is 1. The number of aliphatic hydroxyl groups is 1. The monoisotopic (exact) mass is 267 g/mol. The second-order valence-electron chi connectivity index (χ2n) is 4.64. The molecule has 0 bridgehead atoms. The summed E-state index contributed by atoms with van der Waals surface area (Å²) < 4.78 is 5.32. The number of likely N-dealkylation sites (N-methyl/N-ethyl adjacent to an activating group) is 1. The van der Waals surface area contributed by atoms with E-state index in [1.165, 1.54) is 0 Å². The number of methoxy groups -OCH3 is 1. The highest BCUT2D eigenvalue weighted by atomic mass is 16.5. The fourth-order valence-electron chi connectivity index (χ4n) is 2.26. The molecular weight excluding hydrogens is 246 g/mol. The van der Waals surface area contributed by atoms with Crippen molar-refractivity contribution in [3.05, 3.63) is 28.8 Å². The molecule has 0 saturated heterocycles. The quantitative estimate of drug-likeness (QED) is 0.726. The molecule has 5 nitrogen and oxygen atoms in total. The van der Waals surface area contributed by atoms with E-state index in [9.17, 15) is 9.90 Å². The topological polar surface area (TPSA) is 78.8 Å². The summed E-state index contributed by atoms with van der Waals surface area (Å²) >= 11 is 0. The van der Waals surface area contributed by atoms with E-state index in [0.29, 0.717) is 11.3 Å². The number of rotatable bonds is 6. The van der Waals surface area contributed by atoms with Crippen LogP contribution in [0.25, 0.3) is 0 Å². The molecule has 1 rings (SSSR count). The molecule has 5 heteroatoms. The van der Waals surface area contributed by atoms with Gasteiger partial charge in [-0.2, -0.15) is 0 Å². The van der Waals surface area contributed by atoms with Crippen molar-refractivity contribution in [1.29, 1.82) is 0 Å². The van der Waals surface area contributed by atoms with Crippen LogP contribution in [-0.4, -0.2) is 36.4 Å². The molecule has 2 atom stereocenters. The number of carbonyl (C=O) groups is 1. The maximum atomic E-state index is 10.8. The van der Waals surface area contributed by atoms with Gasteiger partial charge in [-0.25, -0.2) is 0 Å². The van der Waals surface area contributed by atoms with Gasteiger partial charge in [0.2, 0.25) is 0 Å². The summed E-state index contributed by atoms with van der Waals surface area (Å²) in [5, 5.41) is 22.1. The third kappa shape index (κ3) is 3.68. The van der Waals surface area contributed by atoms with E-state index in [2.05, 4.69) is 5.32 Å². The van der Waals surface area contributed by atoms with Gasteiger partial charge in [0.25, 0.3) is 0 Å². The normalized spacial score (nSPS) is 13.9. The third-order valence-electron chi connectivity index (χ3n) is 3.12. The predicted octanol–water partition coefficient (Wildman–Crippen LogP) is 1.41. The van der Waals surface area contributed by atoms with Crippen molar-refractivity contribution >= 4 is 5.97 Å². The zero-order valence-corrected chi connectivity index (χ0v) is 11.7. The molecule has 0 aromatic heterocycles. The minimum Gasteiger partial charge on any atom is -0.496 e. The Morgan fingerprint density at radius 1 is 1.42 bits per heavy atom. The lowest BCUT2D eigenvalue weighted by Crippen LogP contribution is -2.34. The van der Waals surface area contributed by atoms with Gasteiger partial charge in [0.05, 0.1) is 19.6 Å². The number of carboxylic acids is 1. The first kappa shape index (κ1) is 15.5. The number of hydrogen-bond donors (Lipinski definition) is 3. The van der Waals surface area contributed by atoms with Crippen LogP contribution in [0.15, 0.2) is 12.1 Å². The van der Waals surface area contributed by atoms with Crippen LogP contribution in [0.3, 0.4) is 0 Å². The summed E-state index contributed by atoms with van der Waals surface area (Å²) in [5.41, 5.74) is 2.53. The van der Waals surface area contributed by atoms with Crippen LogP contribution in [0.4, 0.5) is 0 Å². The zero-order chi connectivity index (χ0) is 14.6. The molecule has 0 saturated carbocycles. The standard InChI is InChI=1S/C14H21NO4/c1-8-5-9(2)14(19-4)10(6-8)13(18)11(15-3)7-12(16)17/h5-6,11,13,15,18H,7H2,1-4H3,(H,16,17). The van der Waals surface area contributed by atoms with Gasteiger partial charge in [-0.05, 0) is 32.5 Å². The van der Waals surface area contributed by atoms with Gasteiger partial charge in [0, 0.05) is 11.6 Å². The Bertz CT molecular complexity index is 459. The minimum absolute atomic E-state index is 0.159. The van der Waals surface area contributed by atoms with Gasteiger partial charge < -0.3 is 20.3 Å². The number of aliphatic hydroxyl groups excluding tert-OH is 1. The molecule has 3 N–H and O–H groups in total. The summed E-state index contributed by atoms with van der Waals surface area (Å²) in [5.74, 6) is -0.356. The van der Waals surface area contributed by atoms with Crippen LogP contribution < -0.4 is 10.1 Å². The highest BCUT2D eigenvalue weighted by Gasteiger charge is 2.25. The Morgan fingerprint density at radius 3 is 2.53 bits per heavy atom. The van der Waals surface area contributed by atoms with Crippen LogP contribution in [0.5, 0.6) is 5.75 Å². The number of ether oxygens (including phenoxy) is 1. The average molecular weight is 267 g/mol. The van der Waals surface area contributed by atoms with Crippen LogP contribution >= 0.6 is 0 Å². The van der Waals surface area contributed by atoms with Gasteiger partial charge in [-0.3, -0.25) is 4.79 Å². The van der Waals surface area contributed by atoms with Crippen molar-refractivity contribution in [2.75, 3.05) is 14.2 Å². The van der Waals surface area contributed by atoms with Gasteiger partial charge in [-0.15, -0.1) is 0 Å². The molecule has 0 heterocycles. The SMILES string of the molecule is CNC(CC(=O)O)C(O)c1cc(C)cc(C)c1OC. The summed E-state index contributed by atoms with van der Waals surface area (Å²) in [7, 11) is 3.17. The number of nitrogens with one attached hydrogen (secondary N) is 1. The molecule has 0 fully saturated rings. The molecular formula is C14H21NO4. The van der Waals surface area contributed by atoms with Gasteiger partial charge in [0.15, 0.2) is 0 Å². The first-order valence-corrected chi connectivity index (χ1v) is 6.13. The smallest absolute Gasteiger partial charge is 0.305 e. The maximum Gasteiger partial charge on any atom is 0.305 e. The van der Waals surface area contributed by atoms with E-state index in [-0.39, 0.29) is 6.42 Å². The highest BCUT2D eigenvalue weighted by Crippen LogP contribution is 2.32. The fraction of sp³-hybridized carbons (Fsp3) is 0.500. The molecule has 0 spiro atoms. The first-order valence-electron chi connectivity index (χ1n) is 6.13. The number of hydrogen-bond acceptors (Lipinski definition) is 4. The fourth-order valence-corrected chi connectivity index (χ4v) is 2.26. The lowest BCUT2D eigenvalue weighted by Gasteiger charge is -2.24. The Balaban J connectivity index is 3.16. The molecule has 0 aliphatic heterocycles. The average Bonchev–Trinajstić information content (AvgIpc) is 2.34. The summed E-state index contributed by atoms with van der Waals surface area (Å²) in [6.45, 7) is 3.82. The van der Waals surface area contributed by atoms with Crippen molar-refractivity contribution in [2.45, 2.75) is 32.4 Å². The lowest BCUT2D eigenvalue weighted by atomic mass is 9.95. The van der Waals surface area contributed by atoms with Gasteiger partial charge in [-0.1, -0.05) is 11.6 Å². The molecule has 0 radical (unpaired) electrons. The van der Waals surface area contributed by atoms with E-state index >= 15 is 0 Å². The predicted molar refractivity (Wildman–Crippen MR) is 72.5 cm³/mol. The molecule has 1 aromatic carbocycles. The maximum absolute atomic E-state index is 10.8. The second kappa shape index (κ2) is 6.54. The number of aryl methyl sites for hydroxylation is 2. The molecule has 2 unspecified atom stereocenters. The van der Waals surface area contributed by atoms with E-state index in [4.69, 9.17) is 9.84 Å². The lowest BCUT2D eigenvalue weighted by molar-refractivity contribution is -0.138. The van der Waals surface area contributed by atoms with E-state index in [0.717, 1.165) is 11.1 Å². The summed E-state index contributed by atoms with van der Waals surface area (Å²) in [6, 6.07) is 3.22. The Labute approximate surface area is 113 Å². The van der Waals surface area contributed by atoms with Crippen molar-refractivity contribution in [3.63, 3.8) is 0 Å². The minimum atomic E-state index is -0.957. The molecule has 19 heavy (non-hydrogen) atoms. The molecule has 1 aromatic rings. The molecule has 0 aliphatic rings. The van der Waals surface area contributed by atoms with E-state index in [1.807, 2.05) is 26.0 Å². The highest BCUT2D eigenvalue weighted by molar-refractivity contribution is 5.67. The van der Waals surface area contributed by atoms with Crippen LogP contribution in [0.1, 0.15) is 29.2 Å². The summed E-state index contributed by atoms with van der Waals surface area (Å²) in [4.78, 5) is 10.8. The second-order valence-corrected chi connectivity index (χ2v) is 4.64. The van der Waals surface area contributed by atoms with Crippen LogP contribution in [-0.2, 0) is 4.79 Å². The molecule has 0 aliphatic carbocycles. The largest absolute Gasteiger partial charge is 0.496 e. The summed E-state index contributed by atoms with van der Waals surface area (Å²) in [6.07, 6.45) is -1.09. The Kier molecular flexibility index (Phi) is 5.32. The van der Waals surface area contributed by atoms with Crippen LogP contribution in [0, 0.1) is 13.8 Å². The van der Waals surface area contributed by atoms with Crippen molar-refractivity contribution in [3.8, 4) is 5.75 Å². The zero-order valence-electron chi connectivity index (χ0n) is 11.7. The van der Waals surface area contributed by atoms with Gasteiger partial charge in [0.1, 0.15) is 5.75 Å². The van der Waals surface area contributed by atoms with Crippen LogP contribution in [0.2, 0.25) is 0 Å². The van der Waals surface area contributed by atoms with E-state index in [1.54, 1.807) is 14.2 Å². The third-order valence-corrected chi connectivity index (χ3v) is 3.12. The van der Waals surface area contributed by atoms with Crippen molar-refractivity contribution < 1.29 is 19.7 Å². The first-order chi connectivity index (χ1) is 8.90. The van der Waals surface area contributed by atoms with Crippen molar-refractivity contribution in [1.82, 2.24) is 5.32 Å². The molecule has 0 amide bonds. The molecule has 106 valence electrons. The number of aliphatic carboxylic acids is 1. The Morgan fingerprint density at radius 2 is 2.05 bits per heavy atom. The van der Waals surface area contributed by atoms with Gasteiger partial charge >= 0.3 is 5.97 Å².